The van der Waals surface area contributed by atoms with Crippen LogP contribution in [-0.2, 0) is 0 Å². The van der Waals surface area contributed by atoms with Crippen molar-refractivity contribution in [1.82, 2.24) is 6.15 Å². The Morgan fingerprint density at radius 3 is 0.571 bits per heavy atom. The minimum absolute atomic E-state index is 0. The van der Waals surface area contributed by atoms with Gasteiger partial charge in [0.2, 0.25) is 0 Å². The summed E-state index contributed by atoms with van der Waals surface area (Å²) in [5.41, 5.74) is 0. The molecule has 0 spiro atoms. The second-order valence-corrected chi connectivity index (χ2v) is 1.63. The Morgan fingerprint density at radius 1 is 0.571 bits per heavy atom. The summed E-state index contributed by atoms with van der Waals surface area (Å²) in [6, 6.07) is 0. The molecular formula is C12H29NO. The summed E-state index contributed by atoms with van der Waals surface area (Å²) in [5.74, 6) is 0. The third kappa shape index (κ3) is 847. The highest BCUT2D eigenvalue weighted by Gasteiger charge is 1.15. The fourth-order valence-corrected chi connectivity index (χ4v) is 0. The summed E-state index contributed by atoms with van der Waals surface area (Å²) in [7, 11) is 0. The van der Waals surface area contributed by atoms with Gasteiger partial charge in [0.1, 0.15) is 0 Å². The molecule has 14 heavy (non-hydrogen) atoms. The van der Waals surface area contributed by atoms with Gasteiger partial charge in [-0.25, -0.2) is 0 Å². The predicted octanol–water partition coefficient (Wildman–Crippen LogP) is 4.97. The maximum atomic E-state index is 3.36. The molecular weight excluding hydrogens is 174 g/mol. The van der Waals surface area contributed by atoms with E-state index in [-0.39, 0.29) is 11.6 Å². The molecule has 2 heteroatoms. The van der Waals surface area contributed by atoms with E-state index < -0.39 is 0 Å². The smallest absolute Gasteiger partial charge is 0.0473 e. The minimum atomic E-state index is 0. The van der Waals surface area contributed by atoms with E-state index in [1.54, 1.807) is 24.3 Å². The SMILES string of the molecule is C=CC.C=CC.C=CC.C=CC.[NH4+].[OH-]. The topological polar surface area (TPSA) is 66.5 Å². The molecule has 0 bridgehead atoms. The van der Waals surface area contributed by atoms with Gasteiger partial charge >= 0.3 is 0 Å². The van der Waals surface area contributed by atoms with Gasteiger partial charge in [-0.05, 0) is 27.7 Å². The highest BCUT2D eigenvalue weighted by Crippen LogP contribution is 1.39. The van der Waals surface area contributed by atoms with E-state index in [1.165, 1.54) is 0 Å². The van der Waals surface area contributed by atoms with Gasteiger partial charge in [0.15, 0.2) is 0 Å². The van der Waals surface area contributed by atoms with E-state index in [0.29, 0.717) is 0 Å². The zero-order valence-corrected chi connectivity index (χ0v) is 10.6. The third-order valence-electron chi connectivity index (χ3n) is 0. The van der Waals surface area contributed by atoms with Crippen molar-refractivity contribution in [1.29, 1.82) is 0 Å². The van der Waals surface area contributed by atoms with Crippen LogP contribution in [0.1, 0.15) is 27.7 Å². The van der Waals surface area contributed by atoms with Crippen LogP contribution in [0, 0.1) is 0 Å². The molecule has 88 valence electrons. The number of hydrogen-bond acceptors (Lipinski definition) is 1. The Morgan fingerprint density at radius 2 is 0.571 bits per heavy atom. The predicted molar refractivity (Wildman–Crippen MR) is 71.4 cm³/mol. The van der Waals surface area contributed by atoms with Crippen molar-refractivity contribution < 1.29 is 5.48 Å². The highest BCUT2D eigenvalue weighted by atomic mass is 16.0. The standard InChI is InChI=1S/4C3H6.H3N.H2O/c4*1-3-2;;/h4*3H,1H2,2H3;1H3;1H2. The molecule has 0 fully saturated rings. The van der Waals surface area contributed by atoms with Crippen molar-refractivity contribution in [2.24, 2.45) is 0 Å². The van der Waals surface area contributed by atoms with Crippen LogP contribution in [0.5, 0.6) is 0 Å². The lowest BCUT2D eigenvalue weighted by Gasteiger charge is -1.31. The van der Waals surface area contributed by atoms with Crippen LogP contribution in [-0.4, -0.2) is 5.48 Å². The van der Waals surface area contributed by atoms with E-state index >= 15 is 0 Å². The zero-order chi connectivity index (χ0) is 10.8. The summed E-state index contributed by atoms with van der Waals surface area (Å²) in [6.45, 7) is 21.0. The monoisotopic (exact) mass is 203 g/mol. The Balaban J connectivity index is -0.0000000145. The molecule has 0 heterocycles. The van der Waals surface area contributed by atoms with Gasteiger partial charge in [-0.15, -0.1) is 26.3 Å². The Labute approximate surface area is 90.6 Å². The molecule has 0 aromatic carbocycles. The van der Waals surface area contributed by atoms with Gasteiger partial charge < -0.3 is 11.6 Å². The molecule has 0 radical (unpaired) electrons. The first-order valence-corrected chi connectivity index (χ1v) is 3.94. The average Bonchev–Trinajstić information content (AvgIpc) is 1.92. The van der Waals surface area contributed by atoms with E-state index in [1.807, 2.05) is 27.7 Å². The van der Waals surface area contributed by atoms with E-state index in [0.717, 1.165) is 0 Å². The van der Waals surface area contributed by atoms with Gasteiger partial charge in [0, 0.05) is 0 Å². The first-order valence-electron chi connectivity index (χ1n) is 3.94. The summed E-state index contributed by atoms with van der Waals surface area (Å²) in [4.78, 5) is 0. The minimum Gasteiger partial charge on any atom is -0.870 e. The van der Waals surface area contributed by atoms with E-state index in [9.17, 15) is 0 Å². The molecule has 0 unspecified atom stereocenters. The van der Waals surface area contributed by atoms with Crippen molar-refractivity contribution >= 4 is 0 Å². The van der Waals surface area contributed by atoms with Crippen LogP contribution in [0.3, 0.4) is 0 Å². The van der Waals surface area contributed by atoms with Crippen molar-refractivity contribution in [3.05, 3.63) is 50.6 Å². The van der Waals surface area contributed by atoms with Gasteiger partial charge in [0.05, 0.1) is 0 Å². The van der Waals surface area contributed by atoms with Crippen LogP contribution >= 0.6 is 0 Å². The van der Waals surface area contributed by atoms with Crippen LogP contribution in [0.4, 0.5) is 0 Å². The van der Waals surface area contributed by atoms with E-state index in [4.69, 9.17) is 0 Å². The normalized spacial score (nSPS) is 3.71. The maximum absolute atomic E-state index is 3.36. The first kappa shape index (κ1) is 38.4. The molecule has 0 saturated heterocycles. The quantitative estimate of drug-likeness (QED) is 0.555. The van der Waals surface area contributed by atoms with Crippen LogP contribution in [0.25, 0.3) is 0 Å². The van der Waals surface area contributed by atoms with Gasteiger partial charge in [0.25, 0.3) is 0 Å². The number of quaternary nitrogens is 1. The molecule has 0 aliphatic heterocycles. The van der Waals surface area contributed by atoms with Crippen LogP contribution in [0.15, 0.2) is 50.6 Å². The molecule has 0 aromatic heterocycles. The first-order chi connectivity index (χ1) is 5.66. The van der Waals surface area contributed by atoms with Gasteiger partial charge in [-0.3, -0.25) is 0 Å². The van der Waals surface area contributed by atoms with Gasteiger partial charge in [-0.2, -0.15) is 0 Å². The molecule has 0 saturated carbocycles. The number of hydrogen-bond donors (Lipinski definition) is 1. The molecule has 2 nitrogen and oxygen atoms in total. The lowest BCUT2D eigenvalue weighted by Crippen LogP contribution is -1.07. The van der Waals surface area contributed by atoms with Crippen LogP contribution < -0.4 is 6.15 Å². The fraction of sp³-hybridized carbons (Fsp3) is 0.333. The lowest BCUT2D eigenvalue weighted by atomic mass is 10.8. The zero-order valence-electron chi connectivity index (χ0n) is 10.6. The van der Waals surface area contributed by atoms with Crippen molar-refractivity contribution in [3.8, 4) is 0 Å². The molecule has 0 atom stereocenters. The maximum Gasteiger partial charge on any atom is -0.0473 e. The summed E-state index contributed by atoms with van der Waals surface area (Å²) < 4.78 is 0. The summed E-state index contributed by atoms with van der Waals surface area (Å²) in [6.07, 6.45) is 7.00. The molecule has 0 aliphatic carbocycles. The molecule has 0 amide bonds. The highest BCUT2D eigenvalue weighted by molar-refractivity contribution is 4.52. The summed E-state index contributed by atoms with van der Waals surface area (Å²) in [5, 5.41) is 0. The molecule has 0 rings (SSSR count). The van der Waals surface area contributed by atoms with Gasteiger partial charge in [-0.1, -0.05) is 24.3 Å². The Bertz CT molecular complexity index is 64.3. The molecule has 5 N–H and O–H groups in total. The second-order valence-electron chi connectivity index (χ2n) is 1.63. The largest absolute Gasteiger partial charge is 0.870 e. The third-order valence-corrected chi connectivity index (χ3v) is 0. The Hall–Kier alpha value is -1.12. The van der Waals surface area contributed by atoms with Crippen molar-refractivity contribution in [2.45, 2.75) is 27.7 Å². The van der Waals surface area contributed by atoms with Crippen LogP contribution in [0.2, 0.25) is 0 Å². The number of rotatable bonds is 0. The van der Waals surface area contributed by atoms with Crippen molar-refractivity contribution in [3.63, 3.8) is 0 Å². The average molecular weight is 203 g/mol. The van der Waals surface area contributed by atoms with E-state index in [2.05, 4.69) is 26.3 Å². The number of allylic oxidation sites excluding steroid dienone is 4. The lowest BCUT2D eigenvalue weighted by molar-refractivity contribution is 0.824. The molecule has 0 aromatic rings. The van der Waals surface area contributed by atoms with Crippen molar-refractivity contribution in [2.75, 3.05) is 0 Å². The second kappa shape index (κ2) is 170. The molecule has 0 aliphatic rings. The fourth-order valence-electron chi connectivity index (χ4n) is 0. The Kier molecular flexibility index (Phi) is 465. The summed E-state index contributed by atoms with van der Waals surface area (Å²) >= 11 is 0.